The topological polar surface area (TPSA) is 17.1 Å². The second kappa shape index (κ2) is 6.07. The first-order chi connectivity index (χ1) is 8.59. The number of rotatable bonds is 4. The van der Waals surface area contributed by atoms with Gasteiger partial charge < -0.3 is 0 Å². The fourth-order valence-corrected chi connectivity index (χ4v) is 2.17. The molecule has 0 spiro atoms. The van der Waals surface area contributed by atoms with Crippen molar-refractivity contribution < 1.29 is 4.79 Å². The Bertz CT molecular complexity index is 439. The molecule has 0 saturated carbocycles. The van der Waals surface area contributed by atoms with E-state index in [9.17, 15) is 4.79 Å². The Kier molecular flexibility index (Phi) is 5.18. The molecule has 0 aliphatic carbocycles. The zero-order chi connectivity index (χ0) is 14.7. The van der Waals surface area contributed by atoms with Crippen molar-refractivity contribution in [2.45, 2.75) is 54.3 Å². The van der Waals surface area contributed by atoms with Gasteiger partial charge in [0.25, 0.3) is 0 Å². The van der Waals surface area contributed by atoms with Crippen molar-refractivity contribution in [2.24, 2.45) is 10.8 Å². The van der Waals surface area contributed by atoms with Crippen LogP contribution in [0.15, 0.2) is 18.0 Å². The normalized spacial score (nSPS) is 12.1. The second-order valence-electron chi connectivity index (χ2n) is 7.68. The number of hydrogen-bond acceptors (Lipinski definition) is 1. The molecular weight excluding hydrogens is 230 g/mol. The van der Waals surface area contributed by atoms with Gasteiger partial charge in [-0.3, -0.25) is 0 Å². The van der Waals surface area contributed by atoms with Crippen LogP contribution >= 0.6 is 0 Å². The van der Waals surface area contributed by atoms with Gasteiger partial charge in [-0.2, -0.15) is 0 Å². The van der Waals surface area contributed by atoms with Crippen LogP contribution in [-0.4, -0.2) is 19.9 Å². The minimum absolute atomic E-state index is 0.223. The van der Waals surface area contributed by atoms with Crippen molar-refractivity contribution in [3.05, 3.63) is 29.1 Å². The fraction of sp³-hybridized carbons (Fsp3) is 0.625. The third kappa shape index (κ3) is 5.76. The van der Waals surface area contributed by atoms with E-state index in [1.807, 2.05) is 20.8 Å². The average Bonchev–Trinajstić information content (AvgIpc) is 2.24. The summed E-state index contributed by atoms with van der Waals surface area (Å²) in [6.07, 6.45) is 1.93. The molecule has 19 heavy (non-hydrogen) atoms. The van der Waals surface area contributed by atoms with E-state index in [2.05, 4.69) is 45.7 Å². The van der Waals surface area contributed by atoms with E-state index in [1.165, 1.54) is 11.1 Å². The Morgan fingerprint density at radius 2 is 1.79 bits per heavy atom. The Hall–Kier alpha value is -0.850. The molecule has 0 atom stereocenters. The molecule has 0 unspecified atom stereocenters. The van der Waals surface area contributed by atoms with E-state index >= 15 is 0 Å². The van der Waals surface area contributed by atoms with Crippen LogP contribution in [0, 0.1) is 10.8 Å². The van der Waals surface area contributed by atoms with Crippen LogP contribution in [0.25, 0.3) is 0 Å². The SMILES string of the molecule is CC(C)(C)Cc1cbccc1CBC(=O)C(C)(C)C. The van der Waals surface area contributed by atoms with Crippen LogP contribution in [0.2, 0.25) is 0 Å². The average molecular weight is 256 g/mol. The van der Waals surface area contributed by atoms with Gasteiger partial charge in [0.1, 0.15) is 0 Å². The van der Waals surface area contributed by atoms with Gasteiger partial charge in [-0.1, -0.05) is 0 Å². The van der Waals surface area contributed by atoms with Crippen molar-refractivity contribution in [3.63, 3.8) is 0 Å². The zero-order valence-corrected chi connectivity index (χ0v) is 13.3. The van der Waals surface area contributed by atoms with Crippen molar-refractivity contribution in [3.8, 4) is 0 Å². The van der Waals surface area contributed by atoms with Crippen LogP contribution in [-0.2, 0) is 17.5 Å². The monoisotopic (exact) mass is 256 g/mol. The van der Waals surface area contributed by atoms with Gasteiger partial charge in [0.15, 0.2) is 0 Å². The standard InChI is InChI=1S/C16H26B2O/c1-15(2,3)9-13-10-17-8-7-12(13)11-18-14(19)16(4,5)6/h7-8,10,18H,9,11H2,1-6H3. The third-order valence-corrected chi connectivity index (χ3v) is 3.30. The summed E-state index contributed by atoms with van der Waals surface area (Å²) in [6.45, 7) is 14.8. The minimum atomic E-state index is -0.223. The van der Waals surface area contributed by atoms with Gasteiger partial charge in [-0.15, -0.1) is 0 Å². The van der Waals surface area contributed by atoms with Crippen LogP contribution in [0.4, 0.5) is 0 Å². The van der Waals surface area contributed by atoms with Crippen LogP contribution in [0.5, 0.6) is 0 Å². The van der Waals surface area contributed by atoms with Gasteiger partial charge in [-0.25, -0.2) is 0 Å². The van der Waals surface area contributed by atoms with E-state index in [0.29, 0.717) is 13.0 Å². The maximum atomic E-state index is 12.0. The van der Waals surface area contributed by atoms with Crippen LogP contribution in [0.3, 0.4) is 0 Å². The Morgan fingerprint density at radius 3 is 2.32 bits per heavy atom. The van der Waals surface area contributed by atoms with E-state index in [4.69, 9.17) is 0 Å². The summed E-state index contributed by atoms with van der Waals surface area (Å²) in [4.78, 5) is 12.0. The summed E-state index contributed by atoms with van der Waals surface area (Å²) < 4.78 is 0. The first-order valence-electron chi connectivity index (χ1n) is 7.20. The summed E-state index contributed by atoms with van der Waals surface area (Å²) >= 11 is 0. The summed E-state index contributed by atoms with van der Waals surface area (Å²) in [6, 6.07) is 2.16. The molecule has 0 saturated heterocycles. The van der Waals surface area contributed by atoms with Crippen molar-refractivity contribution in [1.82, 2.24) is 0 Å². The van der Waals surface area contributed by atoms with E-state index < -0.39 is 0 Å². The molecule has 3 heteroatoms. The van der Waals surface area contributed by atoms with Gasteiger partial charge in [0.05, 0.1) is 0 Å². The molecule has 1 rings (SSSR count). The molecule has 0 amide bonds. The molecule has 0 aliphatic rings. The summed E-state index contributed by atoms with van der Waals surface area (Å²) in [5.74, 6) is 4.27. The number of carbonyl (C=O) groups is 1. The number of carbonyl (C=O) groups excluding carboxylic acids is 1. The third-order valence-electron chi connectivity index (χ3n) is 3.30. The predicted molar refractivity (Wildman–Crippen MR) is 86.3 cm³/mol. The Balaban J connectivity index is 2.77. The molecule has 0 fully saturated rings. The molecule has 1 aromatic rings. The molecule has 1 heterocycles. The molecule has 1 aromatic heterocycles. The fourth-order valence-electron chi connectivity index (χ4n) is 2.17. The summed E-state index contributed by atoms with van der Waals surface area (Å²) in [5.41, 5.74) is 3.12. The van der Waals surface area contributed by atoms with E-state index in [-0.39, 0.29) is 10.8 Å². The second-order valence-corrected chi connectivity index (χ2v) is 7.68. The van der Waals surface area contributed by atoms with E-state index in [1.54, 1.807) is 0 Å². The maximum absolute atomic E-state index is 12.0. The first kappa shape index (κ1) is 16.2. The predicted octanol–water partition coefficient (Wildman–Crippen LogP) is 3.12. The van der Waals surface area contributed by atoms with Gasteiger partial charge in [0, 0.05) is 0 Å². The number of hydrogen-bond donors (Lipinski definition) is 0. The molecule has 102 valence electrons. The van der Waals surface area contributed by atoms with Gasteiger partial charge >= 0.3 is 119 Å². The molecule has 0 N–H and O–H groups in total. The van der Waals surface area contributed by atoms with Crippen molar-refractivity contribution in [1.29, 1.82) is 0 Å². The molecular formula is C16H26B2O. The molecule has 1 nitrogen and oxygen atoms in total. The van der Waals surface area contributed by atoms with Crippen molar-refractivity contribution >= 4 is 19.9 Å². The van der Waals surface area contributed by atoms with Crippen LogP contribution < -0.4 is 0 Å². The molecule has 0 aromatic carbocycles. The summed E-state index contributed by atoms with van der Waals surface area (Å²) in [7, 11) is 0.644. The van der Waals surface area contributed by atoms with Crippen LogP contribution in [0.1, 0.15) is 52.7 Å². The Morgan fingerprint density at radius 1 is 1.16 bits per heavy atom. The molecule has 0 radical (unpaired) electrons. The molecule has 0 aliphatic heterocycles. The quantitative estimate of drug-likeness (QED) is 0.756. The van der Waals surface area contributed by atoms with Gasteiger partial charge in [-0.05, 0) is 0 Å². The first-order valence-corrected chi connectivity index (χ1v) is 7.20. The van der Waals surface area contributed by atoms with Gasteiger partial charge in [0.2, 0.25) is 0 Å². The molecule has 0 bridgehead atoms. The van der Waals surface area contributed by atoms with Crippen molar-refractivity contribution in [2.75, 3.05) is 0 Å². The Labute approximate surface area is 119 Å². The zero-order valence-electron chi connectivity index (χ0n) is 13.3. The summed E-state index contributed by atoms with van der Waals surface area (Å²) in [5, 5.41) is 0. The van der Waals surface area contributed by atoms with E-state index in [0.717, 1.165) is 12.7 Å².